The third kappa shape index (κ3) is 2.98. The lowest BCUT2D eigenvalue weighted by molar-refractivity contribution is -0.114. The van der Waals surface area contributed by atoms with Crippen LogP contribution in [0.5, 0.6) is 0 Å². The number of Topliss-reactive ketones (excluding diaryl/α,β-unsaturated/α-hetero) is 1. The molecule has 1 saturated heterocycles. The van der Waals surface area contributed by atoms with Gasteiger partial charge in [-0.3, -0.25) is 9.79 Å². The molecule has 112 valence electrons. The average molecular weight is 324 g/mol. The van der Waals surface area contributed by atoms with Gasteiger partial charge in [0.2, 0.25) is 0 Å². The van der Waals surface area contributed by atoms with E-state index in [1.54, 1.807) is 6.92 Å². The Bertz CT molecular complexity index is 685. The normalized spacial score (nSPS) is 26.5. The van der Waals surface area contributed by atoms with Crippen molar-refractivity contribution >= 4 is 38.2 Å². The summed E-state index contributed by atoms with van der Waals surface area (Å²) in [7, 11) is -3.03. The smallest absolute Gasteiger partial charge is 0.164 e. The molecule has 2 atom stereocenters. The van der Waals surface area contributed by atoms with Crippen LogP contribution in [0.2, 0.25) is 0 Å². The first-order chi connectivity index (χ1) is 9.96. The number of rotatable bonds is 3. The zero-order valence-corrected chi connectivity index (χ0v) is 13.2. The predicted molar refractivity (Wildman–Crippen MR) is 85.7 cm³/mol. The Balaban J connectivity index is 1.92. The number of para-hydroxylation sites is 1. The zero-order valence-electron chi connectivity index (χ0n) is 11.6. The van der Waals surface area contributed by atoms with E-state index in [2.05, 4.69) is 4.99 Å². The molecule has 0 unspecified atom stereocenters. The number of hydrogen-bond donors (Lipinski definition) is 0. The molecule has 0 aromatic heterocycles. The summed E-state index contributed by atoms with van der Waals surface area (Å²) < 4.78 is 23.7. The van der Waals surface area contributed by atoms with Crippen LogP contribution in [0.1, 0.15) is 6.92 Å². The molecule has 1 aromatic carbocycles. The first kappa shape index (κ1) is 14.6. The van der Waals surface area contributed by atoms with E-state index in [0.29, 0.717) is 5.75 Å². The van der Waals surface area contributed by atoms with Crippen LogP contribution in [0.4, 0.5) is 5.69 Å². The molecule has 0 N–H and O–H groups in total. The van der Waals surface area contributed by atoms with Crippen molar-refractivity contribution in [1.82, 2.24) is 0 Å². The van der Waals surface area contributed by atoms with Gasteiger partial charge in [-0.2, -0.15) is 0 Å². The standard InChI is InChI=1S/C14H16N2O3S2/c1-10(17)7-20-14-15-12-8-21(18,19)9-13(12)16(14)11-5-3-2-4-6-11/h2-6,12-13H,7-9H2,1H3/t12-,13+/m1/s1. The molecule has 0 bridgehead atoms. The number of carbonyl (C=O) groups excluding carboxylic acids is 1. The number of nitrogens with zero attached hydrogens (tertiary/aromatic N) is 2. The topological polar surface area (TPSA) is 66.8 Å². The van der Waals surface area contributed by atoms with Gasteiger partial charge < -0.3 is 4.90 Å². The van der Waals surface area contributed by atoms with E-state index in [4.69, 9.17) is 0 Å². The van der Waals surface area contributed by atoms with Crippen molar-refractivity contribution in [3.8, 4) is 0 Å². The second-order valence-corrected chi connectivity index (χ2v) is 8.42. The highest BCUT2D eigenvalue weighted by molar-refractivity contribution is 8.14. The van der Waals surface area contributed by atoms with E-state index >= 15 is 0 Å². The van der Waals surface area contributed by atoms with E-state index in [-0.39, 0.29) is 29.4 Å². The number of carbonyl (C=O) groups is 1. The molecule has 0 aliphatic carbocycles. The number of anilines is 1. The summed E-state index contributed by atoms with van der Waals surface area (Å²) >= 11 is 1.38. The van der Waals surface area contributed by atoms with Crippen LogP contribution in [0.3, 0.4) is 0 Å². The summed E-state index contributed by atoms with van der Waals surface area (Å²) in [4.78, 5) is 17.7. The van der Waals surface area contributed by atoms with Crippen LogP contribution < -0.4 is 4.90 Å². The molecule has 2 aliphatic heterocycles. The van der Waals surface area contributed by atoms with Gasteiger partial charge in [-0.25, -0.2) is 8.42 Å². The second kappa shape index (κ2) is 5.46. The first-order valence-electron chi connectivity index (χ1n) is 6.71. The van der Waals surface area contributed by atoms with Gasteiger partial charge in [0, 0.05) is 5.69 Å². The van der Waals surface area contributed by atoms with E-state index in [1.165, 1.54) is 11.8 Å². The van der Waals surface area contributed by atoms with Crippen LogP contribution in [-0.2, 0) is 14.6 Å². The van der Waals surface area contributed by atoms with Crippen LogP contribution >= 0.6 is 11.8 Å². The molecule has 2 aliphatic rings. The molecular weight excluding hydrogens is 308 g/mol. The molecule has 1 fully saturated rings. The Labute approximate surface area is 128 Å². The number of sulfone groups is 1. The second-order valence-electron chi connectivity index (χ2n) is 5.32. The van der Waals surface area contributed by atoms with Gasteiger partial charge in [0.05, 0.1) is 29.3 Å². The molecule has 0 saturated carbocycles. The van der Waals surface area contributed by atoms with E-state index in [0.717, 1.165) is 10.9 Å². The van der Waals surface area contributed by atoms with Gasteiger partial charge in [0.15, 0.2) is 15.0 Å². The number of amidine groups is 1. The summed E-state index contributed by atoms with van der Waals surface area (Å²) in [6, 6.07) is 9.27. The number of aliphatic imine (C=N–C) groups is 1. The Hall–Kier alpha value is -1.34. The van der Waals surface area contributed by atoms with Crippen molar-refractivity contribution in [2.75, 3.05) is 22.2 Å². The number of benzene rings is 1. The third-order valence-corrected chi connectivity index (χ3v) is 6.36. The third-order valence-electron chi connectivity index (χ3n) is 3.55. The Morgan fingerprint density at radius 1 is 1.33 bits per heavy atom. The molecular formula is C14H16N2O3S2. The highest BCUT2D eigenvalue weighted by Gasteiger charge is 2.47. The van der Waals surface area contributed by atoms with Gasteiger partial charge in [-0.1, -0.05) is 30.0 Å². The number of fused-ring (bicyclic) bond motifs is 1. The fraction of sp³-hybridized carbons (Fsp3) is 0.429. The van der Waals surface area contributed by atoms with Crippen LogP contribution in [0.15, 0.2) is 35.3 Å². The summed E-state index contributed by atoms with van der Waals surface area (Å²) in [5.74, 6) is 0.667. The zero-order chi connectivity index (χ0) is 15.0. The molecule has 0 amide bonds. The summed E-state index contributed by atoms with van der Waals surface area (Å²) in [5, 5.41) is 0.751. The fourth-order valence-electron chi connectivity index (χ4n) is 2.69. The van der Waals surface area contributed by atoms with Crippen LogP contribution in [0, 0.1) is 0 Å². The molecule has 5 nitrogen and oxygen atoms in total. The van der Waals surface area contributed by atoms with E-state index < -0.39 is 9.84 Å². The van der Waals surface area contributed by atoms with Gasteiger partial charge in [-0.05, 0) is 19.1 Å². The molecule has 2 heterocycles. The van der Waals surface area contributed by atoms with Crippen molar-refractivity contribution in [2.24, 2.45) is 4.99 Å². The van der Waals surface area contributed by atoms with E-state index in [1.807, 2.05) is 35.2 Å². The largest absolute Gasteiger partial charge is 0.315 e. The highest BCUT2D eigenvalue weighted by Crippen LogP contribution is 2.34. The maximum Gasteiger partial charge on any atom is 0.164 e. The molecule has 21 heavy (non-hydrogen) atoms. The minimum atomic E-state index is -3.03. The SMILES string of the molecule is CC(=O)CSC1=N[C@@H]2CS(=O)(=O)C[C@@H]2N1c1ccccc1. The van der Waals surface area contributed by atoms with Gasteiger partial charge in [0.1, 0.15) is 5.78 Å². The minimum Gasteiger partial charge on any atom is -0.315 e. The summed E-state index contributed by atoms with van der Waals surface area (Å²) in [5.41, 5.74) is 0.928. The number of ketones is 1. The molecule has 0 spiro atoms. The monoisotopic (exact) mass is 324 g/mol. The number of thioether (sulfide) groups is 1. The number of hydrogen-bond acceptors (Lipinski definition) is 6. The average Bonchev–Trinajstić information content (AvgIpc) is 2.88. The Morgan fingerprint density at radius 3 is 2.71 bits per heavy atom. The van der Waals surface area contributed by atoms with Crippen molar-refractivity contribution in [3.63, 3.8) is 0 Å². The predicted octanol–water partition coefficient (Wildman–Crippen LogP) is 1.35. The van der Waals surface area contributed by atoms with Gasteiger partial charge in [0.25, 0.3) is 0 Å². The van der Waals surface area contributed by atoms with Crippen molar-refractivity contribution in [2.45, 2.75) is 19.0 Å². The maximum atomic E-state index is 11.8. The highest BCUT2D eigenvalue weighted by atomic mass is 32.2. The Kier molecular flexibility index (Phi) is 3.79. The summed E-state index contributed by atoms with van der Waals surface area (Å²) in [6.45, 7) is 1.54. The quantitative estimate of drug-likeness (QED) is 0.839. The molecule has 1 aromatic rings. The van der Waals surface area contributed by atoms with Gasteiger partial charge >= 0.3 is 0 Å². The van der Waals surface area contributed by atoms with Crippen molar-refractivity contribution < 1.29 is 13.2 Å². The van der Waals surface area contributed by atoms with E-state index in [9.17, 15) is 13.2 Å². The minimum absolute atomic E-state index is 0.0837. The lowest BCUT2D eigenvalue weighted by Crippen LogP contribution is -2.39. The summed E-state index contributed by atoms with van der Waals surface area (Å²) in [6.07, 6.45) is 0. The van der Waals surface area contributed by atoms with Crippen LogP contribution in [0.25, 0.3) is 0 Å². The lowest BCUT2D eigenvalue weighted by atomic mass is 10.1. The maximum absolute atomic E-state index is 11.8. The lowest BCUT2D eigenvalue weighted by Gasteiger charge is -2.26. The first-order valence-corrected chi connectivity index (χ1v) is 9.52. The Morgan fingerprint density at radius 2 is 2.05 bits per heavy atom. The van der Waals surface area contributed by atoms with Gasteiger partial charge in [-0.15, -0.1) is 0 Å². The van der Waals surface area contributed by atoms with Crippen molar-refractivity contribution in [3.05, 3.63) is 30.3 Å². The molecule has 3 rings (SSSR count). The van der Waals surface area contributed by atoms with Crippen molar-refractivity contribution in [1.29, 1.82) is 0 Å². The molecule has 0 radical (unpaired) electrons. The van der Waals surface area contributed by atoms with Crippen LogP contribution in [-0.4, -0.2) is 48.7 Å². The fourth-order valence-corrected chi connectivity index (χ4v) is 5.46. The molecule has 7 heteroatoms.